The Balaban J connectivity index is 2.17. The zero-order valence-electron chi connectivity index (χ0n) is 12.5. The van der Waals surface area contributed by atoms with E-state index in [2.05, 4.69) is 35.7 Å². The van der Waals surface area contributed by atoms with Gasteiger partial charge in [-0.3, -0.25) is 4.68 Å². The van der Waals surface area contributed by atoms with Gasteiger partial charge in [-0.05, 0) is 42.6 Å². The lowest BCUT2D eigenvalue weighted by Crippen LogP contribution is -2.24. The van der Waals surface area contributed by atoms with Crippen LogP contribution in [0.25, 0.3) is 0 Å². The number of methoxy groups -OCH3 is 1. The van der Waals surface area contributed by atoms with E-state index in [1.807, 2.05) is 30.1 Å². The maximum atomic E-state index is 5.32. The summed E-state index contributed by atoms with van der Waals surface area (Å²) in [6.07, 6.45) is 6.05. The fraction of sp³-hybridized carbons (Fsp3) is 0.438. The smallest absolute Gasteiger partial charge is 0.119 e. The van der Waals surface area contributed by atoms with E-state index in [1.165, 1.54) is 11.1 Å². The minimum absolute atomic E-state index is 0.286. The van der Waals surface area contributed by atoms with Crippen LogP contribution in [0.15, 0.2) is 36.7 Å². The Labute approximate surface area is 120 Å². The molecule has 1 aromatic heterocycles. The van der Waals surface area contributed by atoms with E-state index in [0.717, 1.165) is 25.1 Å². The third-order valence-corrected chi connectivity index (χ3v) is 3.34. The number of aryl methyl sites for hydroxylation is 1. The molecule has 0 saturated heterocycles. The van der Waals surface area contributed by atoms with Gasteiger partial charge in [0.25, 0.3) is 0 Å². The summed E-state index contributed by atoms with van der Waals surface area (Å²) in [6, 6.07) is 8.55. The third-order valence-electron chi connectivity index (χ3n) is 3.34. The minimum Gasteiger partial charge on any atom is -0.497 e. The molecule has 20 heavy (non-hydrogen) atoms. The van der Waals surface area contributed by atoms with Crippen LogP contribution in [-0.2, 0) is 13.5 Å². The maximum Gasteiger partial charge on any atom is 0.119 e. The van der Waals surface area contributed by atoms with Gasteiger partial charge in [-0.1, -0.05) is 19.1 Å². The van der Waals surface area contributed by atoms with Gasteiger partial charge in [0.05, 0.1) is 13.3 Å². The molecule has 1 unspecified atom stereocenters. The van der Waals surface area contributed by atoms with Crippen LogP contribution in [0.1, 0.15) is 30.5 Å². The van der Waals surface area contributed by atoms with Crippen molar-refractivity contribution in [2.45, 2.75) is 25.8 Å². The lowest BCUT2D eigenvalue weighted by molar-refractivity contribution is 0.412. The first-order valence-corrected chi connectivity index (χ1v) is 7.07. The van der Waals surface area contributed by atoms with Crippen molar-refractivity contribution >= 4 is 0 Å². The summed E-state index contributed by atoms with van der Waals surface area (Å²) in [5, 5.41) is 7.84. The number of aromatic nitrogens is 2. The molecule has 108 valence electrons. The molecule has 4 heteroatoms. The molecule has 0 bridgehead atoms. The Hall–Kier alpha value is -1.81. The van der Waals surface area contributed by atoms with Crippen LogP contribution in [0.3, 0.4) is 0 Å². The second-order valence-electron chi connectivity index (χ2n) is 5.01. The van der Waals surface area contributed by atoms with Crippen LogP contribution in [-0.4, -0.2) is 23.4 Å². The predicted octanol–water partition coefficient (Wildman–Crippen LogP) is 2.71. The van der Waals surface area contributed by atoms with Gasteiger partial charge in [0.2, 0.25) is 0 Å². The predicted molar refractivity (Wildman–Crippen MR) is 80.9 cm³/mol. The van der Waals surface area contributed by atoms with E-state index in [4.69, 9.17) is 4.74 Å². The van der Waals surface area contributed by atoms with E-state index in [0.29, 0.717) is 0 Å². The van der Waals surface area contributed by atoms with E-state index >= 15 is 0 Å². The zero-order valence-corrected chi connectivity index (χ0v) is 12.5. The molecule has 1 heterocycles. The summed E-state index contributed by atoms with van der Waals surface area (Å²) >= 11 is 0. The van der Waals surface area contributed by atoms with Gasteiger partial charge in [0.15, 0.2) is 0 Å². The molecule has 0 aliphatic heterocycles. The monoisotopic (exact) mass is 273 g/mol. The summed E-state index contributed by atoms with van der Waals surface area (Å²) in [5.41, 5.74) is 2.49. The number of ether oxygens (including phenoxy) is 1. The van der Waals surface area contributed by atoms with Crippen molar-refractivity contribution in [2.75, 3.05) is 13.7 Å². The van der Waals surface area contributed by atoms with Gasteiger partial charge >= 0.3 is 0 Å². The van der Waals surface area contributed by atoms with Crippen LogP contribution in [0, 0.1) is 0 Å². The first-order valence-electron chi connectivity index (χ1n) is 7.07. The molecule has 0 saturated carbocycles. The van der Waals surface area contributed by atoms with E-state index in [9.17, 15) is 0 Å². The number of hydrogen-bond acceptors (Lipinski definition) is 3. The highest BCUT2D eigenvalue weighted by molar-refractivity contribution is 5.31. The molecule has 0 amide bonds. The van der Waals surface area contributed by atoms with Gasteiger partial charge in [-0.2, -0.15) is 5.10 Å². The van der Waals surface area contributed by atoms with Crippen LogP contribution < -0.4 is 10.1 Å². The van der Waals surface area contributed by atoms with Crippen molar-refractivity contribution in [1.82, 2.24) is 15.1 Å². The Kier molecular flexibility index (Phi) is 5.18. The fourth-order valence-electron chi connectivity index (χ4n) is 2.30. The highest BCUT2D eigenvalue weighted by atomic mass is 16.5. The molecule has 0 radical (unpaired) electrons. The van der Waals surface area contributed by atoms with Crippen molar-refractivity contribution in [3.05, 3.63) is 47.8 Å². The standard InChI is InChI=1S/C16H23N3O/c1-4-8-17-16(9-13-11-18-19(2)12-13)14-6-5-7-15(10-14)20-3/h5-7,10-12,16-17H,4,8-9H2,1-3H3. The lowest BCUT2D eigenvalue weighted by Gasteiger charge is -2.19. The SMILES string of the molecule is CCCNC(Cc1cnn(C)c1)c1cccc(OC)c1. The van der Waals surface area contributed by atoms with Gasteiger partial charge in [0.1, 0.15) is 5.75 Å². The fourth-order valence-corrected chi connectivity index (χ4v) is 2.30. The van der Waals surface area contributed by atoms with Crippen molar-refractivity contribution in [1.29, 1.82) is 0 Å². The Bertz CT molecular complexity index is 536. The first kappa shape index (κ1) is 14.6. The maximum absolute atomic E-state index is 5.32. The number of hydrogen-bond donors (Lipinski definition) is 1. The second kappa shape index (κ2) is 7.10. The van der Waals surface area contributed by atoms with Crippen LogP contribution in [0.5, 0.6) is 5.75 Å². The van der Waals surface area contributed by atoms with Crippen LogP contribution >= 0.6 is 0 Å². The summed E-state index contributed by atoms with van der Waals surface area (Å²) in [6.45, 7) is 3.18. The highest BCUT2D eigenvalue weighted by Crippen LogP contribution is 2.22. The van der Waals surface area contributed by atoms with E-state index < -0.39 is 0 Å². The highest BCUT2D eigenvalue weighted by Gasteiger charge is 2.13. The number of nitrogens with one attached hydrogen (secondary N) is 1. The van der Waals surface area contributed by atoms with Gasteiger partial charge in [0, 0.05) is 19.3 Å². The van der Waals surface area contributed by atoms with E-state index in [1.54, 1.807) is 7.11 Å². The van der Waals surface area contributed by atoms with Crippen LogP contribution in [0.2, 0.25) is 0 Å². The number of nitrogens with zero attached hydrogens (tertiary/aromatic N) is 2. The summed E-state index contributed by atoms with van der Waals surface area (Å²) in [5.74, 6) is 0.900. The summed E-state index contributed by atoms with van der Waals surface area (Å²) in [4.78, 5) is 0. The quantitative estimate of drug-likeness (QED) is 0.843. The molecule has 2 rings (SSSR count). The molecule has 1 atom stereocenters. The van der Waals surface area contributed by atoms with Gasteiger partial charge in [-0.15, -0.1) is 0 Å². The molecular weight excluding hydrogens is 250 g/mol. The zero-order chi connectivity index (χ0) is 14.4. The Morgan fingerprint density at radius 3 is 2.90 bits per heavy atom. The molecule has 0 spiro atoms. The average molecular weight is 273 g/mol. The van der Waals surface area contributed by atoms with Crippen molar-refractivity contribution in [2.24, 2.45) is 7.05 Å². The van der Waals surface area contributed by atoms with Gasteiger partial charge < -0.3 is 10.1 Å². The average Bonchev–Trinajstić information content (AvgIpc) is 2.88. The molecule has 0 fully saturated rings. The topological polar surface area (TPSA) is 39.1 Å². The van der Waals surface area contributed by atoms with Crippen molar-refractivity contribution < 1.29 is 4.74 Å². The van der Waals surface area contributed by atoms with E-state index in [-0.39, 0.29) is 6.04 Å². The molecule has 1 aromatic carbocycles. The minimum atomic E-state index is 0.286. The molecule has 0 aliphatic rings. The largest absolute Gasteiger partial charge is 0.497 e. The second-order valence-corrected chi connectivity index (χ2v) is 5.01. The Morgan fingerprint density at radius 2 is 2.25 bits per heavy atom. The summed E-state index contributed by atoms with van der Waals surface area (Å²) < 4.78 is 7.16. The number of rotatable bonds is 7. The third kappa shape index (κ3) is 3.84. The molecule has 4 nitrogen and oxygen atoms in total. The molecule has 1 N–H and O–H groups in total. The molecule has 2 aromatic rings. The normalized spacial score (nSPS) is 12.3. The van der Waals surface area contributed by atoms with Crippen molar-refractivity contribution in [3.63, 3.8) is 0 Å². The molecular formula is C16H23N3O. The van der Waals surface area contributed by atoms with Crippen LogP contribution in [0.4, 0.5) is 0 Å². The molecule has 0 aliphatic carbocycles. The Morgan fingerprint density at radius 1 is 1.40 bits per heavy atom. The first-order chi connectivity index (χ1) is 9.72. The number of benzene rings is 1. The lowest BCUT2D eigenvalue weighted by atomic mass is 10.0. The van der Waals surface area contributed by atoms with Gasteiger partial charge in [-0.25, -0.2) is 0 Å². The summed E-state index contributed by atoms with van der Waals surface area (Å²) in [7, 11) is 3.65. The van der Waals surface area contributed by atoms with Crippen molar-refractivity contribution in [3.8, 4) is 5.75 Å².